The quantitative estimate of drug-likeness (QED) is 0.325. The summed E-state index contributed by atoms with van der Waals surface area (Å²) < 4.78 is 18.7. The summed E-state index contributed by atoms with van der Waals surface area (Å²) in [6, 6.07) is 0. The van der Waals surface area contributed by atoms with Gasteiger partial charge in [-0.1, -0.05) is 5.92 Å². The van der Waals surface area contributed by atoms with Crippen molar-refractivity contribution in [2.24, 2.45) is 11.3 Å². The van der Waals surface area contributed by atoms with Crippen molar-refractivity contribution < 1.29 is 23.5 Å². The Labute approximate surface area is 110 Å². The molecule has 0 heterocycles. The van der Waals surface area contributed by atoms with Crippen molar-refractivity contribution in [3.05, 3.63) is 0 Å². The Morgan fingerprint density at radius 2 is 2.05 bits per heavy atom. The molecule has 2 saturated carbocycles. The Morgan fingerprint density at radius 1 is 1.42 bits per heavy atom. The number of esters is 1. The third-order valence-electron chi connectivity index (χ3n) is 4.19. The van der Waals surface area contributed by atoms with Crippen LogP contribution in [-0.4, -0.2) is 29.8 Å². The highest BCUT2D eigenvalue weighted by Crippen LogP contribution is 2.71. The van der Waals surface area contributed by atoms with E-state index in [-0.39, 0.29) is 13.0 Å². The zero-order chi connectivity index (χ0) is 14.3. The minimum absolute atomic E-state index is 0.0432. The van der Waals surface area contributed by atoms with E-state index >= 15 is 0 Å². The van der Waals surface area contributed by atoms with Crippen molar-refractivity contribution in [1.82, 2.24) is 0 Å². The van der Waals surface area contributed by atoms with Crippen LogP contribution in [0.4, 0.5) is 4.39 Å². The van der Waals surface area contributed by atoms with Gasteiger partial charge >= 0.3 is 5.97 Å². The van der Waals surface area contributed by atoms with Gasteiger partial charge in [0.15, 0.2) is 5.67 Å². The number of terminal acetylenes is 1. The molecule has 102 valence electrons. The molecule has 0 aromatic carbocycles. The number of ether oxygens (including phenoxy) is 1. The van der Waals surface area contributed by atoms with Gasteiger partial charge in [0.2, 0.25) is 5.78 Å². The second-order valence-electron chi connectivity index (χ2n) is 5.15. The van der Waals surface area contributed by atoms with Crippen molar-refractivity contribution >= 4 is 17.5 Å². The first-order chi connectivity index (χ1) is 8.90. The summed E-state index contributed by atoms with van der Waals surface area (Å²) in [6.07, 6.45) is 5.73. The van der Waals surface area contributed by atoms with Gasteiger partial charge in [0.05, 0.1) is 13.0 Å². The largest absolute Gasteiger partial charge is 0.460 e. The first-order valence-electron chi connectivity index (χ1n) is 6.29. The van der Waals surface area contributed by atoms with Gasteiger partial charge in [-0.2, -0.15) is 0 Å². The number of halogens is 1. The molecule has 2 aliphatic carbocycles. The lowest BCUT2D eigenvalue weighted by molar-refractivity contribution is -0.156. The first kappa shape index (κ1) is 13.7. The van der Waals surface area contributed by atoms with Crippen LogP contribution in [0, 0.1) is 23.7 Å². The molecular weight excluding hydrogens is 251 g/mol. The molecule has 19 heavy (non-hydrogen) atoms. The topological polar surface area (TPSA) is 60.4 Å². The van der Waals surface area contributed by atoms with E-state index in [0.717, 1.165) is 0 Å². The number of ketones is 2. The molecule has 1 spiro atoms. The van der Waals surface area contributed by atoms with E-state index in [1.165, 1.54) is 0 Å². The van der Waals surface area contributed by atoms with Crippen LogP contribution in [0.25, 0.3) is 0 Å². The predicted molar refractivity (Wildman–Crippen MR) is 63.7 cm³/mol. The molecule has 0 saturated heterocycles. The third kappa shape index (κ3) is 1.95. The summed E-state index contributed by atoms with van der Waals surface area (Å²) >= 11 is 0. The van der Waals surface area contributed by atoms with Gasteiger partial charge in [0, 0.05) is 17.8 Å². The number of Topliss-reactive ketones (excluding diaryl/α,β-unsaturated/α-hetero) is 2. The average molecular weight is 266 g/mol. The van der Waals surface area contributed by atoms with Crippen LogP contribution in [0.1, 0.15) is 32.6 Å². The summed E-state index contributed by atoms with van der Waals surface area (Å²) in [5.41, 5.74) is -2.49. The van der Waals surface area contributed by atoms with E-state index in [1.54, 1.807) is 6.92 Å². The van der Waals surface area contributed by atoms with Gasteiger partial charge < -0.3 is 4.74 Å². The van der Waals surface area contributed by atoms with E-state index in [1.807, 2.05) is 0 Å². The molecule has 0 N–H and O–H groups in total. The maximum Gasteiger partial charge on any atom is 0.375 e. The molecule has 0 aliphatic heterocycles. The number of hydrogen-bond donors (Lipinski definition) is 0. The van der Waals surface area contributed by atoms with E-state index in [4.69, 9.17) is 6.42 Å². The van der Waals surface area contributed by atoms with Crippen LogP contribution in [-0.2, 0) is 19.1 Å². The molecule has 2 rings (SSSR count). The first-order valence-corrected chi connectivity index (χ1v) is 6.29. The molecule has 2 fully saturated rings. The number of carbonyl (C=O) groups excluding carboxylic acids is 3. The number of hydrogen-bond acceptors (Lipinski definition) is 4. The number of carbonyl (C=O) groups is 3. The Morgan fingerprint density at radius 3 is 2.53 bits per heavy atom. The second-order valence-corrected chi connectivity index (χ2v) is 5.15. The van der Waals surface area contributed by atoms with Crippen LogP contribution < -0.4 is 0 Å². The predicted octanol–water partition coefficient (Wildman–Crippen LogP) is 1.22. The molecule has 5 heteroatoms. The lowest BCUT2D eigenvalue weighted by Crippen LogP contribution is -2.55. The highest BCUT2D eigenvalue weighted by atomic mass is 19.1. The highest BCUT2D eigenvalue weighted by molar-refractivity contribution is 6.37. The SMILES string of the molecule is C#CC1(F)CC(C(=O)CC(=O)C(=O)OCC)C12CC2. The minimum atomic E-state index is -1.72. The molecule has 0 amide bonds. The van der Waals surface area contributed by atoms with Crippen LogP contribution in [0.5, 0.6) is 0 Å². The monoisotopic (exact) mass is 266 g/mol. The summed E-state index contributed by atoms with van der Waals surface area (Å²) in [5, 5.41) is 0. The maximum absolute atomic E-state index is 14.1. The Kier molecular flexibility index (Phi) is 3.21. The molecular formula is C14H15FO4. The van der Waals surface area contributed by atoms with Gasteiger partial charge in [-0.3, -0.25) is 9.59 Å². The van der Waals surface area contributed by atoms with E-state index in [2.05, 4.69) is 10.7 Å². The van der Waals surface area contributed by atoms with Crippen molar-refractivity contribution in [3.8, 4) is 12.3 Å². The Hall–Kier alpha value is -1.70. The number of alkyl halides is 1. The maximum atomic E-state index is 14.1. The van der Waals surface area contributed by atoms with E-state index < -0.39 is 41.0 Å². The third-order valence-corrected chi connectivity index (χ3v) is 4.19. The number of rotatable bonds is 5. The highest BCUT2D eigenvalue weighted by Gasteiger charge is 2.74. The van der Waals surface area contributed by atoms with Crippen LogP contribution in [0.15, 0.2) is 0 Å². The summed E-state index contributed by atoms with van der Waals surface area (Å²) in [7, 11) is 0. The average Bonchev–Trinajstić information content (AvgIpc) is 3.18. The van der Waals surface area contributed by atoms with Gasteiger partial charge in [-0.15, -0.1) is 6.42 Å². The summed E-state index contributed by atoms with van der Waals surface area (Å²) in [6.45, 7) is 1.65. The zero-order valence-corrected chi connectivity index (χ0v) is 10.7. The molecule has 4 nitrogen and oxygen atoms in total. The van der Waals surface area contributed by atoms with E-state index in [9.17, 15) is 18.8 Å². The van der Waals surface area contributed by atoms with Crippen molar-refractivity contribution in [2.75, 3.05) is 6.61 Å². The van der Waals surface area contributed by atoms with E-state index in [0.29, 0.717) is 12.8 Å². The standard InChI is InChI=1S/C14H15FO4/c1-3-14(15)8-9(13(14)5-6-13)10(16)7-11(17)12(18)19-4-2/h1,9H,4-8H2,2H3. The van der Waals surface area contributed by atoms with Crippen LogP contribution in [0.2, 0.25) is 0 Å². The van der Waals surface area contributed by atoms with Crippen molar-refractivity contribution in [3.63, 3.8) is 0 Å². The normalized spacial score (nSPS) is 30.1. The van der Waals surface area contributed by atoms with Crippen molar-refractivity contribution in [2.45, 2.75) is 38.3 Å². The summed E-state index contributed by atoms with van der Waals surface area (Å²) in [4.78, 5) is 34.5. The molecule has 0 aromatic heterocycles. The Balaban J connectivity index is 1.95. The molecule has 2 atom stereocenters. The molecule has 0 aromatic rings. The van der Waals surface area contributed by atoms with Gasteiger partial charge in [0.25, 0.3) is 0 Å². The van der Waals surface area contributed by atoms with Crippen molar-refractivity contribution in [1.29, 1.82) is 0 Å². The van der Waals surface area contributed by atoms with Gasteiger partial charge in [0.1, 0.15) is 5.78 Å². The van der Waals surface area contributed by atoms with Gasteiger partial charge in [-0.05, 0) is 19.8 Å². The fourth-order valence-electron chi connectivity index (χ4n) is 2.89. The van der Waals surface area contributed by atoms with Crippen LogP contribution >= 0.6 is 0 Å². The smallest absolute Gasteiger partial charge is 0.375 e. The molecule has 2 unspecified atom stereocenters. The summed E-state index contributed by atoms with van der Waals surface area (Å²) in [5.74, 6) is -0.708. The lowest BCUT2D eigenvalue weighted by Gasteiger charge is -2.47. The fraction of sp³-hybridized carbons (Fsp3) is 0.643. The fourth-order valence-corrected chi connectivity index (χ4v) is 2.89. The lowest BCUT2D eigenvalue weighted by atomic mass is 9.57. The zero-order valence-electron chi connectivity index (χ0n) is 10.7. The Bertz CT molecular complexity index is 486. The molecule has 2 aliphatic rings. The van der Waals surface area contributed by atoms with Crippen LogP contribution in [0.3, 0.4) is 0 Å². The molecule has 0 radical (unpaired) electrons. The second kappa shape index (κ2) is 4.44. The minimum Gasteiger partial charge on any atom is -0.460 e. The van der Waals surface area contributed by atoms with Gasteiger partial charge in [-0.25, -0.2) is 9.18 Å². The molecule has 0 bridgehead atoms.